The SMILES string of the molecule is CCNC(=NCCCc1ccc(Br)cc1F)NC1CC2CCC1O2.I. The molecular formula is C18H26BrFIN3O. The van der Waals surface area contributed by atoms with Crippen molar-refractivity contribution in [1.29, 1.82) is 0 Å². The Hall–Kier alpha value is -0.410. The molecule has 25 heavy (non-hydrogen) atoms. The summed E-state index contributed by atoms with van der Waals surface area (Å²) >= 11 is 3.28. The highest BCUT2D eigenvalue weighted by molar-refractivity contribution is 14.0. The van der Waals surface area contributed by atoms with Crippen LogP contribution >= 0.6 is 39.9 Å². The van der Waals surface area contributed by atoms with Crippen LogP contribution in [0.15, 0.2) is 27.7 Å². The smallest absolute Gasteiger partial charge is 0.191 e. The molecular weight excluding hydrogens is 500 g/mol. The molecule has 0 radical (unpaired) electrons. The van der Waals surface area contributed by atoms with Crippen LogP contribution in [-0.4, -0.2) is 37.3 Å². The van der Waals surface area contributed by atoms with Crippen LogP contribution in [0.25, 0.3) is 0 Å². The number of nitrogens with one attached hydrogen (secondary N) is 2. The van der Waals surface area contributed by atoms with Crippen molar-refractivity contribution in [2.75, 3.05) is 13.1 Å². The van der Waals surface area contributed by atoms with Crippen molar-refractivity contribution in [3.63, 3.8) is 0 Å². The quantitative estimate of drug-likeness (QED) is 0.255. The molecule has 2 aliphatic rings. The van der Waals surface area contributed by atoms with Gasteiger partial charge in [-0.1, -0.05) is 22.0 Å². The molecule has 140 valence electrons. The third-order valence-electron chi connectivity index (χ3n) is 4.66. The number of rotatable bonds is 6. The van der Waals surface area contributed by atoms with Crippen LogP contribution in [0, 0.1) is 5.82 Å². The van der Waals surface area contributed by atoms with Gasteiger partial charge in [0.2, 0.25) is 0 Å². The van der Waals surface area contributed by atoms with E-state index in [-0.39, 0.29) is 29.8 Å². The maximum absolute atomic E-state index is 13.8. The van der Waals surface area contributed by atoms with E-state index in [1.807, 2.05) is 12.1 Å². The molecule has 0 saturated carbocycles. The van der Waals surface area contributed by atoms with E-state index >= 15 is 0 Å². The summed E-state index contributed by atoms with van der Waals surface area (Å²) in [5.41, 5.74) is 0.743. The average Bonchev–Trinajstić information content (AvgIpc) is 3.16. The molecule has 2 saturated heterocycles. The van der Waals surface area contributed by atoms with Crippen molar-refractivity contribution in [3.8, 4) is 0 Å². The van der Waals surface area contributed by atoms with E-state index in [9.17, 15) is 4.39 Å². The number of nitrogens with zero attached hydrogens (tertiary/aromatic N) is 1. The van der Waals surface area contributed by atoms with Gasteiger partial charge in [-0.2, -0.15) is 0 Å². The van der Waals surface area contributed by atoms with Crippen LogP contribution in [0.4, 0.5) is 4.39 Å². The summed E-state index contributed by atoms with van der Waals surface area (Å²) in [6.45, 7) is 3.56. The lowest BCUT2D eigenvalue weighted by atomic mass is 9.96. The van der Waals surface area contributed by atoms with E-state index in [1.54, 1.807) is 0 Å². The number of ether oxygens (including phenoxy) is 1. The third-order valence-corrected chi connectivity index (χ3v) is 5.15. The van der Waals surface area contributed by atoms with Crippen LogP contribution in [0.1, 0.15) is 38.2 Å². The molecule has 1 aromatic carbocycles. The summed E-state index contributed by atoms with van der Waals surface area (Å²) < 4.78 is 20.5. The van der Waals surface area contributed by atoms with Gasteiger partial charge in [0.05, 0.1) is 18.2 Å². The van der Waals surface area contributed by atoms with Crippen LogP contribution in [-0.2, 0) is 11.2 Å². The summed E-state index contributed by atoms with van der Waals surface area (Å²) in [5.74, 6) is 0.687. The summed E-state index contributed by atoms with van der Waals surface area (Å²) in [6.07, 6.45) is 5.67. The summed E-state index contributed by atoms with van der Waals surface area (Å²) in [4.78, 5) is 4.63. The number of halogens is 3. The van der Waals surface area contributed by atoms with Crippen molar-refractivity contribution < 1.29 is 9.13 Å². The lowest BCUT2D eigenvalue weighted by molar-refractivity contribution is 0.0992. The van der Waals surface area contributed by atoms with E-state index < -0.39 is 0 Å². The summed E-state index contributed by atoms with van der Waals surface area (Å²) in [5, 5.41) is 6.79. The van der Waals surface area contributed by atoms with Crippen molar-refractivity contribution in [3.05, 3.63) is 34.1 Å². The molecule has 2 heterocycles. The van der Waals surface area contributed by atoms with Gasteiger partial charge in [-0.05, 0) is 56.7 Å². The van der Waals surface area contributed by atoms with Gasteiger partial charge in [-0.15, -0.1) is 24.0 Å². The van der Waals surface area contributed by atoms with E-state index in [4.69, 9.17) is 4.74 Å². The lowest BCUT2D eigenvalue weighted by Gasteiger charge is -2.22. The van der Waals surface area contributed by atoms with Crippen molar-refractivity contribution in [2.24, 2.45) is 4.99 Å². The fraction of sp³-hybridized carbons (Fsp3) is 0.611. The van der Waals surface area contributed by atoms with Gasteiger partial charge in [0.1, 0.15) is 5.82 Å². The lowest BCUT2D eigenvalue weighted by Crippen LogP contribution is -2.47. The predicted octanol–water partition coefficient (Wildman–Crippen LogP) is 4.01. The second kappa shape index (κ2) is 10.1. The number of aryl methyl sites for hydroxylation is 1. The highest BCUT2D eigenvalue weighted by Crippen LogP contribution is 2.34. The fourth-order valence-electron chi connectivity index (χ4n) is 3.47. The minimum absolute atomic E-state index is 0. The monoisotopic (exact) mass is 525 g/mol. The largest absolute Gasteiger partial charge is 0.373 e. The first-order valence-corrected chi connectivity index (χ1v) is 9.59. The first kappa shape index (κ1) is 20.9. The molecule has 0 spiro atoms. The van der Waals surface area contributed by atoms with Crippen molar-refractivity contribution >= 4 is 45.9 Å². The third kappa shape index (κ3) is 5.79. The Morgan fingerprint density at radius 3 is 2.88 bits per heavy atom. The standard InChI is InChI=1S/C18H25BrFN3O.HI/c1-2-21-18(23-16-11-14-7-8-17(16)24-14)22-9-3-4-12-5-6-13(19)10-15(12)20;/h5-6,10,14,16-17H,2-4,7-9,11H2,1H3,(H2,21,22,23);1H. The molecule has 2 N–H and O–H groups in total. The zero-order chi connectivity index (χ0) is 16.9. The number of aliphatic imine (C=N–C) groups is 1. The number of hydrogen-bond donors (Lipinski definition) is 2. The van der Waals surface area contributed by atoms with Gasteiger partial charge in [-0.25, -0.2) is 4.39 Å². The Bertz CT molecular complexity index is 602. The molecule has 1 aromatic rings. The van der Waals surface area contributed by atoms with Gasteiger partial charge in [0, 0.05) is 17.6 Å². The highest BCUT2D eigenvalue weighted by atomic mass is 127. The Morgan fingerprint density at radius 2 is 2.24 bits per heavy atom. The summed E-state index contributed by atoms with van der Waals surface area (Å²) in [6, 6.07) is 5.59. The molecule has 3 rings (SSSR count). The molecule has 7 heteroatoms. The van der Waals surface area contributed by atoms with Gasteiger partial charge in [-0.3, -0.25) is 4.99 Å². The molecule has 0 aliphatic carbocycles. The maximum atomic E-state index is 13.8. The topological polar surface area (TPSA) is 45.7 Å². The molecule has 2 fully saturated rings. The van der Waals surface area contributed by atoms with Crippen molar-refractivity contribution in [1.82, 2.24) is 10.6 Å². The van der Waals surface area contributed by atoms with E-state index in [0.29, 0.717) is 31.2 Å². The molecule has 3 unspecified atom stereocenters. The molecule has 2 aliphatic heterocycles. The first-order valence-electron chi connectivity index (χ1n) is 8.80. The van der Waals surface area contributed by atoms with Gasteiger partial charge in [0.15, 0.2) is 5.96 Å². The second-order valence-corrected chi connectivity index (χ2v) is 7.38. The van der Waals surface area contributed by atoms with Crippen LogP contribution in [0.5, 0.6) is 0 Å². The summed E-state index contributed by atoms with van der Waals surface area (Å²) in [7, 11) is 0. The van der Waals surface area contributed by atoms with E-state index in [0.717, 1.165) is 41.8 Å². The van der Waals surface area contributed by atoms with E-state index in [1.165, 1.54) is 12.5 Å². The second-order valence-electron chi connectivity index (χ2n) is 6.46. The Morgan fingerprint density at radius 1 is 1.40 bits per heavy atom. The highest BCUT2D eigenvalue weighted by Gasteiger charge is 2.41. The first-order chi connectivity index (χ1) is 11.7. The number of hydrogen-bond acceptors (Lipinski definition) is 2. The molecule has 2 bridgehead atoms. The van der Waals surface area contributed by atoms with Crippen LogP contribution in [0.2, 0.25) is 0 Å². The van der Waals surface area contributed by atoms with Gasteiger partial charge < -0.3 is 15.4 Å². The van der Waals surface area contributed by atoms with Crippen LogP contribution < -0.4 is 10.6 Å². The molecule has 0 amide bonds. The average molecular weight is 526 g/mol. The number of fused-ring (bicyclic) bond motifs is 2. The molecule has 4 nitrogen and oxygen atoms in total. The Labute approximate surface area is 174 Å². The van der Waals surface area contributed by atoms with Gasteiger partial charge in [0.25, 0.3) is 0 Å². The normalized spacial score (nSPS) is 24.9. The van der Waals surface area contributed by atoms with Crippen LogP contribution in [0.3, 0.4) is 0 Å². The zero-order valence-electron chi connectivity index (χ0n) is 14.4. The molecule has 3 atom stereocenters. The Kier molecular flexibility index (Phi) is 8.41. The van der Waals surface area contributed by atoms with E-state index in [2.05, 4.69) is 38.5 Å². The maximum Gasteiger partial charge on any atom is 0.191 e. The number of benzene rings is 1. The Balaban J connectivity index is 0.00000225. The molecule has 0 aromatic heterocycles. The van der Waals surface area contributed by atoms with Crippen molar-refractivity contribution in [2.45, 2.75) is 57.3 Å². The predicted molar refractivity (Wildman–Crippen MR) is 113 cm³/mol. The number of guanidine groups is 1. The minimum atomic E-state index is -0.155. The fourth-order valence-corrected chi connectivity index (χ4v) is 3.80. The minimum Gasteiger partial charge on any atom is -0.373 e. The van der Waals surface area contributed by atoms with Gasteiger partial charge >= 0.3 is 0 Å². The zero-order valence-corrected chi connectivity index (χ0v) is 18.3.